The number of halogens is 1. The first kappa shape index (κ1) is 15.4. The molecule has 102 valence electrons. The number of nitrogens with zero attached hydrogens (tertiary/aromatic N) is 2. The van der Waals surface area contributed by atoms with Crippen LogP contribution >= 0.6 is 11.6 Å². The van der Waals surface area contributed by atoms with Crippen LogP contribution in [-0.2, 0) is 14.8 Å². The van der Waals surface area contributed by atoms with E-state index in [0.717, 1.165) is 4.31 Å². The molecule has 1 aromatic carbocycles. The van der Waals surface area contributed by atoms with Crippen LogP contribution in [0, 0.1) is 11.3 Å². The normalized spacial score (nSPS) is 11.3. The van der Waals surface area contributed by atoms with Gasteiger partial charge >= 0.3 is 0 Å². The van der Waals surface area contributed by atoms with E-state index in [2.05, 4.69) is 0 Å². The van der Waals surface area contributed by atoms with Gasteiger partial charge in [0, 0.05) is 6.54 Å². The molecule has 1 rings (SSSR count). The van der Waals surface area contributed by atoms with Crippen molar-refractivity contribution >= 4 is 27.5 Å². The van der Waals surface area contributed by atoms with Gasteiger partial charge in [-0.3, -0.25) is 4.79 Å². The van der Waals surface area contributed by atoms with Crippen LogP contribution in [0.3, 0.4) is 0 Å². The minimum atomic E-state index is -3.91. The van der Waals surface area contributed by atoms with Crippen LogP contribution in [-0.4, -0.2) is 31.7 Å². The lowest BCUT2D eigenvalue weighted by molar-refractivity contribution is -0.118. The summed E-state index contributed by atoms with van der Waals surface area (Å²) in [5.41, 5.74) is 5.26. The maximum Gasteiger partial charge on any atom is 0.245 e. The van der Waals surface area contributed by atoms with E-state index in [4.69, 9.17) is 22.6 Å². The average Bonchev–Trinajstić information content (AvgIpc) is 2.34. The molecule has 0 bridgehead atoms. The molecular formula is C11H12ClN3O3S. The number of likely N-dealkylation sites (N-methyl/N-ethyl adjacent to an activating group) is 1. The van der Waals surface area contributed by atoms with E-state index < -0.39 is 22.5 Å². The largest absolute Gasteiger partial charge is 0.369 e. The van der Waals surface area contributed by atoms with Crippen LogP contribution in [0.25, 0.3) is 0 Å². The van der Waals surface area contributed by atoms with Crippen LogP contribution in [0.1, 0.15) is 12.5 Å². The van der Waals surface area contributed by atoms with Gasteiger partial charge in [-0.2, -0.15) is 9.57 Å². The summed E-state index contributed by atoms with van der Waals surface area (Å²) in [6.07, 6.45) is 0. The van der Waals surface area contributed by atoms with Gasteiger partial charge in [0.25, 0.3) is 0 Å². The van der Waals surface area contributed by atoms with Crippen molar-refractivity contribution in [2.24, 2.45) is 5.73 Å². The van der Waals surface area contributed by atoms with Crippen LogP contribution in [0.5, 0.6) is 0 Å². The minimum absolute atomic E-state index is 0.0676. The quantitative estimate of drug-likeness (QED) is 0.864. The van der Waals surface area contributed by atoms with E-state index in [1.165, 1.54) is 18.2 Å². The Balaban J connectivity index is 3.26. The molecule has 1 amide bonds. The fourth-order valence-corrected chi connectivity index (χ4v) is 3.39. The Hall–Kier alpha value is -1.62. The number of nitriles is 1. The lowest BCUT2D eigenvalue weighted by Crippen LogP contribution is -2.38. The maximum atomic E-state index is 12.3. The Kier molecular flexibility index (Phi) is 4.89. The first-order valence-corrected chi connectivity index (χ1v) is 7.12. The van der Waals surface area contributed by atoms with E-state index in [1.54, 1.807) is 6.92 Å². The minimum Gasteiger partial charge on any atom is -0.369 e. The molecule has 0 spiro atoms. The summed E-state index contributed by atoms with van der Waals surface area (Å²) < 4.78 is 25.5. The summed E-state index contributed by atoms with van der Waals surface area (Å²) in [6.45, 7) is 1.24. The van der Waals surface area contributed by atoms with Gasteiger partial charge in [0.15, 0.2) is 0 Å². The van der Waals surface area contributed by atoms with Crippen molar-refractivity contribution < 1.29 is 13.2 Å². The zero-order valence-electron chi connectivity index (χ0n) is 10.1. The van der Waals surface area contributed by atoms with Gasteiger partial charge in [-0.1, -0.05) is 18.5 Å². The van der Waals surface area contributed by atoms with Crippen molar-refractivity contribution in [1.82, 2.24) is 4.31 Å². The number of carbonyl (C=O) groups excluding carboxylic acids is 1. The molecule has 0 atom stereocenters. The number of primary amides is 1. The summed E-state index contributed by atoms with van der Waals surface area (Å²) in [5.74, 6) is -0.754. The highest BCUT2D eigenvalue weighted by Crippen LogP contribution is 2.25. The molecule has 0 unspecified atom stereocenters. The predicted octanol–water partition coefficient (Wildman–Crippen LogP) is 0.708. The Bertz CT molecular complexity index is 637. The number of carbonyl (C=O) groups is 1. The number of nitrogens with two attached hydrogens (primary N) is 1. The summed E-state index contributed by atoms with van der Waals surface area (Å²) in [5, 5.41) is 8.63. The Morgan fingerprint density at radius 2 is 2.16 bits per heavy atom. The van der Waals surface area contributed by atoms with Gasteiger partial charge < -0.3 is 5.73 Å². The second-order valence-electron chi connectivity index (χ2n) is 3.65. The van der Waals surface area contributed by atoms with E-state index in [1.807, 2.05) is 6.07 Å². The molecule has 0 saturated heterocycles. The molecule has 0 saturated carbocycles. The third-order valence-corrected chi connectivity index (χ3v) is 4.77. The number of sulfonamides is 1. The molecule has 19 heavy (non-hydrogen) atoms. The molecule has 8 heteroatoms. The summed E-state index contributed by atoms with van der Waals surface area (Å²) in [4.78, 5) is 10.7. The number of hydrogen-bond donors (Lipinski definition) is 1. The topological polar surface area (TPSA) is 104 Å². The van der Waals surface area contributed by atoms with E-state index in [9.17, 15) is 13.2 Å². The highest BCUT2D eigenvalue weighted by molar-refractivity contribution is 7.89. The number of rotatable bonds is 5. The number of amides is 1. The third kappa shape index (κ3) is 3.44. The monoisotopic (exact) mass is 301 g/mol. The fraction of sp³-hybridized carbons (Fsp3) is 0.273. The number of benzene rings is 1. The Labute approximate surface area is 116 Å². The fourth-order valence-electron chi connectivity index (χ4n) is 1.46. The summed E-state index contributed by atoms with van der Waals surface area (Å²) in [6, 6.07) is 5.69. The number of hydrogen-bond acceptors (Lipinski definition) is 4. The zero-order chi connectivity index (χ0) is 14.6. The van der Waals surface area contributed by atoms with E-state index >= 15 is 0 Å². The molecule has 6 nitrogen and oxygen atoms in total. The Morgan fingerprint density at radius 1 is 1.53 bits per heavy atom. The molecule has 0 heterocycles. The Morgan fingerprint density at radius 3 is 2.58 bits per heavy atom. The van der Waals surface area contributed by atoms with Gasteiger partial charge in [-0.15, -0.1) is 0 Å². The molecule has 0 aliphatic carbocycles. The van der Waals surface area contributed by atoms with Crippen molar-refractivity contribution in [3.8, 4) is 6.07 Å². The molecule has 2 N–H and O–H groups in total. The lowest BCUT2D eigenvalue weighted by Gasteiger charge is -2.19. The van der Waals surface area contributed by atoms with Gasteiger partial charge in [0.05, 0.1) is 23.2 Å². The van der Waals surface area contributed by atoms with Gasteiger partial charge in [0.1, 0.15) is 4.90 Å². The second-order valence-corrected chi connectivity index (χ2v) is 5.97. The zero-order valence-corrected chi connectivity index (χ0v) is 11.7. The SMILES string of the molecule is CCN(CC(N)=O)S(=O)(=O)c1ccc(C#N)cc1Cl. The van der Waals surface area contributed by atoms with Crippen LogP contribution in [0.15, 0.2) is 23.1 Å². The summed E-state index contributed by atoms with van der Waals surface area (Å²) in [7, 11) is -3.91. The van der Waals surface area contributed by atoms with Gasteiger partial charge in [0.2, 0.25) is 15.9 Å². The van der Waals surface area contributed by atoms with Crippen molar-refractivity contribution in [1.29, 1.82) is 5.26 Å². The summed E-state index contributed by atoms with van der Waals surface area (Å²) >= 11 is 5.86. The molecule has 0 aromatic heterocycles. The average molecular weight is 302 g/mol. The second kappa shape index (κ2) is 6.02. The molecule has 0 aliphatic rings. The first-order chi connectivity index (χ1) is 8.82. The predicted molar refractivity (Wildman–Crippen MR) is 69.8 cm³/mol. The van der Waals surface area contributed by atoms with Crippen molar-refractivity contribution in [3.63, 3.8) is 0 Å². The smallest absolute Gasteiger partial charge is 0.245 e. The molecule has 0 aliphatic heterocycles. The molecule has 1 aromatic rings. The van der Waals surface area contributed by atoms with E-state index in [0.29, 0.717) is 0 Å². The van der Waals surface area contributed by atoms with Crippen molar-refractivity contribution in [2.45, 2.75) is 11.8 Å². The molecule has 0 fully saturated rings. The highest BCUT2D eigenvalue weighted by Gasteiger charge is 2.26. The van der Waals surface area contributed by atoms with Gasteiger partial charge in [-0.25, -0.2) is 8.42 Å². The lowest BCUT2D eigenvalue weighted by atomic mass is 10.2. The van der Waals surface area contributed by atoms with E-state index in [-0.39, 0.29) is 22.0 Å². The third-order valence-electron chi connectivity index (χ3n) is 2.36. The van der Waals surface area contributed by atoms with Crippen LogP contribution in [0.4, 0.5) is 0 Å². The van der Waals surface area contributed by atoms with Gasteiger partial charge in [-0.05, 0) is 18.2 Å². The highest BCUT2D eigenvalue weighted by atomic mass is 35.5. The van der Waals surface area contributed by atoms with Crippen LogP contribution < -0.4 is 5.73 Å². The molecule has 0 radical (unpaired) electrons. The standard InChI is InChI=1S/C11H12ClN3O3S/c1-2-15(7-11(14)16)19(17,18)10-4-3-8(6-13)5-9(10)12/h3-5H,2,7H2,1H3,(H2,14,16). The maximum absolute atomic E-state index is 12.3. The molecular weight excluding hydrogens is 290 g/mol. The first-order valence-electron chi connectivity index (χ1n) is 5.31. The van der Waals surface area contributed by atoms with Crippen molar-refractivity contribution in [2.75, 3.05) is 13.1 Å². The van der Waals surface area contributed by atoms with Crippen molar-refractivity contribution in [3.05, 3.63) is 28.8 Å². The van der Waals surface area contributed by atoms with Crippen LogP contribution in [0.2, 0.25) is 5.02 Å².